The number of amides is 1. The summed E-state index contributed by atoms with van der Waals surface area (Å²) in [6, 6.07) is 9.40. The van der Waals surface area contributed by atoms with Crippen molar-refractivity contribution in [2.45, 2.75) is 12.5 Å². The zero-order valence-electron chi connectivity index (χ0n) is 10.8. The molecular weight excluding hydrogens is 246 g/mol. The minimum Gasteiger partial charge on any atom is -0.493 e. The van der Waals surface area contributed by atoms with Crippen LogP contribution in [-0.2, 0) is 9.53 Å². The van der Waals surface area contributed by atoms with Crippen LogP contribution in [0.5, 0.6) is 5.75 Å². The Balaban J connectivity index is 1.74. The lowest BCUT2D eigenvalue weighted by molar-refractivity contribution is -0.132. The summed E-state index contributed by atoms with van der Waals surface area (Å²) in [6.07, 6.45) is -0.289. The summed E-state index contributed by atoms with van der Waals surface area (Å²) < 4.78 is 10.7. The summed E-state index contributed by atoms with van der Waals surface area (Å²) in [4.78, 5) is 13.6. The third kappa shape index (κ3) is 4.54. The largest absolute Gasteiger partial charge is 0.493 e. The zero-order valence-corrected chi connectivity index (χ0v) is 10.8. The molecule has 1 atom stereocenters. The minimum absolute atomic E-state index is 0.0134. The van der Waals surface area contributed by atoms with E-state index >= 15 is 0 Å². The summed E-state index contributed by atoms with van der Waals surface area (Å²) in [5, 5.41) is 9.56. The Kier molecular flexibility index (Phi) is 5.18. The monoisotopic (exact) mass is 265 g/mol. The number of hydrogen-bond donors (Lipinski definition) is 1. The molecule has 0 unspecified atom stereocenters. The molecule has 0 radical (unpaired) electrons. The molecule has 1 amide bonds. The Labute approximate surface area is 112 Å². The number of para-hydroxylation sites is 1. The van der Waals surface area contributed by atoms with Crippen molar-refractivity contribution in [3.05, 3.63) is 30.3 Å². The molecular formula is C14H19NO4. The van der Waals surface area contributed by atoms with Gasteiger partial charge in [-0.1, -0.05) is 18.2 Å². The first kappa shape index (κ1) is 13.8. The van der Waals surface area contributed by atoms with Gasteiger partial charge in [-0.15, -0.1) is 0 Å². The van der Waals surface area contributed by atoms with Crippen LogP contribution in [0, 0.1) is 0 Å². The Morgan fingerprint density at radius 1 is 1.42 bits per heavy atom. The van der Waals surface area contributed by atoms with E-state index in [9.17, 15) is 9.90 Å². The lowest BCUT2D eigenvalue weighted by Gasteiger charge is -2.21. The first-order valence-electron chi connectivity index (χ1n) is 6.47. The molecule has 0 aliphatic carbocycles. The maximum atomic E-state index is 12.0. The average molecular weight is 265 g/mol. The van der Waals surface area contributed by atoms with Crippen molar-refractivity contribution < 1.29 is 19.4 Å². The van der Waals surface area contributed by atoms with E-state index in [1.165, 1.54) is 0 Å². The van der Waals surface area contributed by atoms with E-state index in [1.807, 2.05) is 30.3 Å². The topological polar surface area (TPSA) is 59.0 Å². The first-order valence-corrected chi connectivity index (χ1v) is 6.47. The number of carbonyl (C=O) groups is 1. The Morgan fingerprint density at radius 3 is 3.00 bits per heavy atom. The van der Waals surface area contributed by atoms with Gasteiger partial charge in [0.25, 0.3) is 0 Å². The number of hydrogen-bond acceptors (Lipinski definition) is 4. The average Bonchev–Trinajstić information content (AvgIpc) is 2.64. The smallest absolute Gasteiger partial charge is 0.226 e. The summed E-state index contributed by atoms with van der Waals surface area (Å²) in [6.45, 7) is 1.98. The van der Waals surface area contributed by atoms with E-state index in [0.717, 1.165) is 5.75 Å². The third-order valence-electron chi connectivity index (χ3n) is 2.93. The molecule has 1 aromatic carbocycles. The quantitative estimate of drug-likeness (QED) is 0.869. The number of aliphatic hydroxyl groups excluding tert-OH is 1. The molecule has 1 saturated heterocycles. The van der Waals surface area contributed by atoms with Gasteiger partial charge in [0.05, 0.1) is 32.3 Å². The summed E-state index contributed by atoms with van der Waals surface area (Å²) in [5.74, 6) is 0.745. The molecule has 0 aromatic heterocycles. The van der Waals surface area contributed by atoms with Gasteiger partial charge in [-0.25, -0.2) is 0 Å². The molecule has 1 aliphatic heterocycles. The molecule has 104 valence electrons. The van der Waals surface area contributed by atoms with E-state index in [-0.39, 0.29) is 5.91 Å². The van der Waals surface area contributed by atoms with Gasteiger partial charge in [0.15, 0.2) is 0 Å². The summed E-state index contributed by atoms with van der Waals surface area (Å²) >= 11 is 0. The van der Waals surface area contributed by atoms with Crippen LogP contribution in [0.15, 0.2) is 30.3 Å². The van der Waals surface area contributed by atoms with Crippen molar-refractivity contribution in [2.24, 2.45) is 0 Å². The van der Waals surface area contributed by atoms with Crippen LogP contribution < -0.4 is 4.74 Å². The third-order valence-corrected chi connectivity index (χ3v) is 2.93. The molecule has 1 N–H and O–H groups in total. The number of aliphatic hydroxyl groups is 1. The molecule has 0 bridgehead atoms. The number of carbonyl (C=O) groups excluding carboxylic acids is 1. The molecule has 0 spiro atoms. The van der Waals surface area contributed by atoms with Gasteiger partial charge in [-0.05, 0) is 12.1 Å². The van der Waals surface area contributed by atoms with E-state index in [2.05, 4.69) is 0 Å². The molecule has 1 aliphatic rings. The molecule has 19 heavy (non-hydrogen) atoms. The fourth-order valence-corrected chi connectivity index (χ4v) is 1.95. The second-order valence-corrected chi connectivity index (χ2v) is 4.48. The van der Waals surface area contributed by atoms with Crippen LogP contribution >= 0.6 is 0 Å². The van der Waals surface area contributed by atoms with Crippen molar-refractivity contribution in [1.29, 1.82) is 0 Å². The van der Waals surface area contributed by atoms with Crippen LogP contribution in [-0.4, -0.2) is 54.9 Å². The second-order valence-electron chi connectivity index (χ2n) is 4.48. The lowest BCUT2D eigenvalue weighted by atomic mass is 10.3. The highest BCUT2D eigenvalue weighted by Gasteiger charge is 2.20. The predicted octanol–water partition coefficient (Wildman–Crippen LogP) is 0.675. The maximum absolute atomic E-state index is 12.0. The predicted molar refractivity (Wildman–Crippen MR) is 70.0 cm³/mol. The van der Waals surface area contributed by atoms with Gasteiger partial charge in [0, 0.05) is 13.1 Å². The highest BCUT2D eigenvalue weighted by atomic mass is 16.5. The van der Waals surface area contributed by atoms with E-state index in [0.29, 0.717) is 39.3 Å². The van der Waals surface area contributed by atoms with Gasteiger partial charge in [-0.3, -0.25) is 4.79 Å². The lowest BCUT2D eigenvalue weighted by Crippen LogP contribution is -2.38. The maximum Gasteiger partial charge on any atom is 0.226 e. The molecule has 1 aromatic rings. The molecule has 1 fully saturated rings. The molecule has 5 nitrogen and oxygen atoms in total. The zero-order chi connectivity index (χ0) is 13.5. The van der Waals surface area contributed by atoms with E-state index in [4.69, 9.17) is 9.47 Å². The number of nitrogens with zero attached hydrogens (tertiary/aromatic N) is 1. The van der Waals surface area contributed by atoms with E-state index in [1.54, 1.807) is 4.90 Å². The summed E-state index contributed by atoms with van der Waals surface area (Å²) in [7, 11) is 0. The number of β-amino-alcohol motifs (C(OH)–C–C–N with tert-alkyl or cyclic N) is 1. The Bertz CT molecular complexity index is 396. The van der Waals surface area contributed by atoms with Crippen LogP contribution in [0.4, 0.5) is 0 Å². The van der Waals surface area contributed by atoms with Crippen molar-refractivity contribution in [2.75, 3.05) is 32.9 Å². The second kappa shape index (κ2) is 7.11. The molecule has 0 saturated carbocycles. The Hall–Kier alpha value is -1.59. The van der Waals surface area contributed by atoms with Crippen LogP contribution in [0.2, 0.25) is 0 Å². The number of ether oxygens (including phenoxy) is 2. The molecule has 1 heterocycles. The van der Waals surface area contributed by atoms with Crippen molar-refractivity contribution in [3.8, 4) is 5.75 Å². The molecule has 5 heteroatoms. The Morgan fingerprint density at radius 2 is 2.21 bits per heavy atom. The highest BCUT2D eigenvalue weighted by molar-refractivity contribution is 5.76. The van der Waals surface area contributed by atoms with Gasteiger partial charge < -0.3 is 19.5 Å². The standard InChI is InChI=1S/C14H19NO4/c16-12-10-15(7-9-18-11-12)14(17)6-8-19-13-4-2-1-3-5-13/h1-5,12,16H,6-11H2/t12-/m1/s1. The fraction of sp³-hybridized carbons (Fsp3) is 0.500. The van der Waals surface area contributed by atoms with E-state index < -0.39 is 6.10 Å². The van der Waals surface area contributed by atoms with Crippen LogP contribution in [0.1, 0.15) is 6.42 Å². The number of rotatable bonds is 4. The van der Waals surface area contributed by atoms with Crippen LogP contribution in [0.25, 0.3) is 0 Å². The fourth-order valence-electron chi connectivity index (χ4n) is 1.95. The van der Waals surface area contributed by atoms with Gasteiger partial charge >= 0.3 is 0 Å². The van der Waals surface area contributed by atoms with Gasteiger partial charge in [0.1, 0.15) is 5.75 Å². The van der Waals surface area contributed by atoms with Crippen molar-refractivity contribution in [3.63, 3.8) is 0 Å². The SMILES string of the molecule is O=C(CCOc1ccccc1)N1CCOC[C@H](O)C1. The van der Waals surface area contributed by atoms with Gasteiger partial charge in [0.2, 0.25) is 5.91 Å². The number of benzene rings is 1. The van der Waals surface area contributed by atoms with Crippen molar-refractivity contribution >= 4 is 5.91 Å². The first-order chi connectivity index (χ1) is 9.25. The summed E-state index contributed by atoms with van der Waals surface area (Å²) in [5.41, 5.74) is 0. The minimum atomic E-state index is -0.596. The van der Waals surface area contributed by atoms with Gasteiger partial charge in [-0.2, -0.15) is 0 Å². The highest BCUT2D eigenvalue weighted by Crippen LogP contribution is 2.09. The van der Waals surface area contributed by atoms with Crippen molar-refractivity contribution in [1.82, 2.24) is 4.90 Å². The molecule has 2 rings (SSSR count). The normalized spacial score (nSPS) is 19.8. The van der Waals surface area contributed by atoms with Crippen LogP contribution in [0.3, 0.4) is 0 Å².